The Hall–Kier alpha value is -0.910. The van der Waals surface area contributed by atoms with Gasteiger partial charge in [0.15, 0.2) is 9.84 Å². The molecule has 0 radical (unpaired) electrons. The number of aliphatic hydroxyl groups is 1. The highest BCUT2D eigenvalue weighted by Gasteiger charge is 2.23. The molecule has 0 bridgehead atoms. The number of nitrogens with zero attached hydrogens (tertiary/aromatic N) is 1. The van der Waals surface area contributed by atoms with Gasteiger partial charge in [0, 0.05) is 13.1 Å². The monoisotopic (exact) mass is 297 g/mol. The van der Waals surface area contributed by atoms with Crippen LogP contribution in [0, 0.1) is 5.92 Å². The molecule has 1 saturated heterocycles. The van der Waals surface area contributed by atoms with E-state index in [0.717, 1.165) is 18.7 Å². The molecule has 1 aromatic carbocycles. The molecule has 0 aromatic heterocycles. The molecule has 0 amide bonds. The van der Waals surface area contributed by atoms with Crippen LogP contribution >= 0.6 is 0 Å². The van der Waals surface area contributed by atoms with Crippen LogP contribution in [0.15, 0.2) is 30.3 Å². The average molecular weight is 297 g/mol. The van der Waals surface area contributed by atoms with Gasteiger partial charge >= 0.3 is 0 Å². The fourth-order valence-corrected chi connectivity index (χ4v) is 3.97. The van der Waals surface area contributed by atoms with E-state index in [9.17, 15) is 13.5 Å². The van der Waals surface area contributed by atoms with Crippen molar-refractivity contribution in [1.29, 1.82) is 0 Å². The van der Waals surface area contributed by atoms with Crippen molar-refractivity contribution in [3.05, 3.63) is 35.9 Å². The number of hydrogen-bond acceptors (Lipinski definition) is 4. The van der Waals surface area contributed by atoms with Crippen molar-refractivity contribution in [2.24, 2.45) is 5.92 Å². The summed E-state index contributed by atoms with van der Waals surface area (Å²) in [4.78, 5) is 2.15. The van der Waals surface area contributed by atoms with Crippen molar-refractivity contribution >= 4 is 9.84 Å². The topological polar surface area (TPSA) is 57.6 Å². The summed E-state index contributed by atoms with van der Waals surface area (Å²) < 4.78 is 23.2. The fraction of sp³-hybridized carbons (Fsp3) is 0.600. The number of rotatable bonds is 4. The maximum atomic E-state index is 11.6. The zero-order valence-electron chi connectivity index (χ0n) is 11.9. The lowest BCUT2D eigenvalue weighted by atomic mass is 9.97. The van der Waals surface area contributed by atoms with Crippen LogP contribution in [0.25, 0.3) is 0 Å². The highest BCUT2D eigenvalue weighted by Crippen LogP contribution is 2.22. The number of aliphatic hydroxyl groups excluding tert-OH is 1. The normalized spacial score (nSPS) is 22.9. The highest BCUT2D eigenvalue weighted by molar-refractivity contribution is 7.91. The molecule has 2 rings (SSSR count). The Balaban J connectivity index is 1.92. The van der Waals surface area contributed by atoms with Gasteiger partial charge in [-0.1, -0.05) is 37.3 Å². The minimum absolute atomic E-state index is 0.0817. The summed E-state index contributed by atoms with van der Waals surface area (Å²) in [5, 5.41) is 10.3. The average Bonchev–Trinajstić information content (AvgIpc) is 2.60. The summed E-state index contributed by atoms with van der Waals surface area (Å²) in [5.74, 6) is 0.610. The van der Waals surface area contributed by atoms with Crippen molar-refractivity contribution < 1.29 is 13.5 Å². The van der Waals surface area contributed by atoms with Crippen LogP contribution in [0.1, 0.15) is 25.0 Å². The standard InChI is InChI=1S/C15H23NO3S/c1-13(15(17)14-6-3-2-4-7-14)12-16-8-5-10-20(18,19)11-9-16/h2-4,6-7,13,15,17H,5,8-12H2,1H3. The van der Waals surface area contributed by atoms with E-state index in [1.807, 2.05) is 37.3 Å². The third-order valence-corrected chi connectivity index (χ3v) is 5.59. The molecule has 5 heteroatoms. The summed E-state index contributed by atoms with van der Waals surface area (Å²) in [6, 6.07) is 9.62. The van der Waals surface area contributed by atoms with E-state index in [-0.39, 0.29) is 11.7 Å². The smallest absolute Gasteiger partial charge is 0.151 e. The molecule has 4 nitrogen and oxygen atoms in total. The molecule has 0 spiro atoms. The first-order valence-electron chi connectivity index (χ1n) is 7.14. The number of hydrogen-bond donors (Lipinski definition) is 1. The Kier molecular flexibility index (Phi) is 5.18. The van der Waals surface area contributed by atoms with Gasteiger partial charge in [0.1, 0.15) is 0 Å². The van der Waals surface area contributed by atoms with Crippen molar-refractivity contribution in [2.75, 3.05) is 31.1 Å². The first kappa shape index (κ1) is 15.5. The first-order valence-corrected chi connectivity index (χ1v) is 8.96. The van der Waals surface area contributed by atoms with E-state index in [1.54, 1.807) is 0 Å². The van der Waals surface area contributed by atoms with Crippen LogP contribution in [-0.2, 0) is 9.84 Å². The molecule has 20 heavy (non-hydrogen) atoms. The summed E-state index contributed by atoms with van der Waals surface area (Å²) in [6.07, 6.45) is 0.187. The van der Waals surface area contributed by atoms with Gasteiger partial charge in [-0.2, -0.15) is 0 Å². The zero-order valence-corrected chi connectivity index (χ0v) is 12.7. The van der Waals surface area contributed by atoms with Crippen LogP contribution in [-0.4, -0.2) is 49.6 Å². The van der Waals surface area contributed by atoms with E-state index >= 15 is 0 Å². The second kappa shape index (κ2) is 6.70. The number of sulfone groups is 1. The van der Waals surface area contributed by atoms with E-state index in [4.69, 9.17) is 0 Å². The second-order valence-corrected chi connectivity index (χ2v) is 7.94. The molecule has 112 valence electrons. The fourth-order valence-electron chi connectivity index (χ4n) is 2.66. The quantitative estimate of drug-likeness (QED) is 0.914. The summed E-state index contributed by atoms with van der Waals surface area (Å²) in [7, 11) is -2.86. The van der Waals surface area contributed by atoms with Crippen LogP contribution in [0.5, 0.6) is 0 Å². The largest absolute Gasteiger partial charge is 0.388 e. The molecular weight excluding hydrogens is 274 g/mol. The molecule has 1 fully saturated rings. The Bertz CT molecular complexity index is 515. The molecule has 1 heterocycles. The van der Waals surface area contributed by atoms with Crippen LogP contribution in [0.3, 0.4) is 0 Å². The molecule has 2 atom stereocenters. The summed E-state index contributed by atoms with van der Waals surface area (Å²) in [6.45, 7) is 4.11. The Morgan fingerprint density at radius 2 is 1.90 bits per heavy atom. The predicted molar refractivity (Wildman–Crippen MR) is 80.3 cm³/mol. The predicted octanol–water partition coefficient (Wildman–Crippen LogP) is 1.48. The van der Waals surface area contributed by atoms with Gasteiger partial charge in [-0.05, 0) is 24.4 Å². The van der Waals surface area contributed by atoms with Crippen LogP contribution in [0.2, 0.25) is 0 Å². The molecule has 0 aliphatic carbocycles. The van der Waals surface area contributed by atoms with Gasteiger partial charge in [-0.3, -0.25) is 0 Å². The second-order valence-electron chi connectivity index (χ2n) is 5.64. The zero-order chi connectivity index (χ0) is 14.6. The molecule has 0 saturated carbocycles. The minimum atomic E-state index is -2.86. The summed E-state index contributed by atoms with van der Waals surface area (Å²) in [5.41, 5.74) is 0.919. The lowest BCUT2D eigenvalue weighted by Crippen LogP contribution is -2.33. The van der Waals surface area contributed by atoms with E-state index in [0.29, 0.717) is 18.7 Å². The van der Waals surface area contributed by atoms with Crippen molar-refractivity contribution in [3.8, 4) is 0 Å². The van der Waals surface area contributed by atoms with Gasteiger partial charge < -0.3 is 10.0 Å². The Morgan fingerprint density at radius 3 is 2.60 bits per heavy atom. The van der Waals surface area contributed by atoms with Crippen molar-refractivity contribution in [1.82, 2.24) is 4.90 Å². The Morgan fingerprint density at radius 1 is 1.20 bits per heavy atom. The summed E-state index contributed by atoms with van der Waals surface area (Å²) >= 11 is 0. The highest BCUT2D eigenvalue weighted by atomic mass is 32.2. The molecule has 2 unspecified atom stereocenters. The third-order valence-electron chi connectivity index (χ3n) is 3.87. The molecule has 1 aliphatic heterocycles. The van der Waals surface area contributed by atoms with Crippen LogP contribution < -0.4 is 0 Å². The Labute approximate surface area is 121 Å². The molecular formula is C15H23NO3S. The van der Waals surface area contributed by atoms with Gasteiger partial charge in [-0.25, -0.2) is 8.42 Å². The van der Waals surface area contributed by atoms with Gasteiger partial charge in [0.05, 0.1) is 17.6 Å². The maximum Gasteiger partial charge on any atom is 0.151 e. The van der Waals surface area contributed by atoms with Crippen molar-refractivity contribution in [3.63, 3.8) is 0 Å². The van der Waals surface area contributed by atoms with E-state index in [2.05, 4.69) is 4.90 Å². The number of benzene rings is 1. The SMILES string of the molecule is CC(CN1CCCS(=O)(=O)CC1)C(O)c1ccccc1. The molecule has 1 aromatic rings. The van der Waals surface area contributed by atoms with Crippen LogP contribution in [0.4, 0.5) is 0 Å². The van der Waals surface area contributed by atoms with Gasteiger partial charge in [0.2, 0.25) is 0 Å². The van der Waals surface area contributed by atoms with E-state index < -0.39 is 15.9 Å². The maximum absolute atomic E-state index is 11.6. The molecule has 1 aliphatic rings. The lowest BCUT2D eigenvalue weighted by Gasteiger charge is -2.26. The third kappa shape index (κ3) is 4.30. The minimum Gasteiger partial charge on any atom is -0.388 e. The lowest BCUT2D eigenvalue weighted by molar-refractivity contribution is 0.0903. The van der Waals surface area contributed by atoms with Gasteiger partial charge in [-0.15, -0.1) is 0 Å². The first-order chi connectivity index (χ1) is 9.48. The van der Waals surface area contributed by atoms with Crippen molar-refractivity contribution in [2.45, 2.75) is 19.4 Å². The van der Waals surface area contributed by atoms with Gasteiger partial charge in [0.25, 0.3) is 0 Å². The molecule has 1 N–H and O–H groups in total. The van der Waals surface area contributed by atoms with E-state index in [1.165, 1.54) is 0 Å².